The third kappa shape index (κ3) is 1.95. The number of hydrogen-bond acceptors (Lipinski definition) is 3. The van der Waals surface area contributed by atoms with Gasteiger partial charge in [-0.1, -0.05) is 0 Å². The van der Waals surface area contributed by atoms with Gasteiger partial charge >= 0.3 is 6.16 Å². The summed E-state index contributed by atoms with van der Waals surface area (Å²) in [6.45, 7) is 0. The fraction of sp³-hybridized carbons (Fsp3) is 0. The normalized spacial score (nSPS) is 9.71. The van der Waals surface area contributed by atoms with E-state index in [1.807, 2.05) is 0 Å². The average molecular weight is 192 g/mol. The maximum absolute atomic E-state index is 11.1. The molecule has 2 aromatic rings. The van der Waals surface area contributed by atoms with Gasteiger partial charge < -0.3 is 9.68 Å². The van der Waals surface area contributed by atoms with E-state index in [2.05, 4.69) is 0 Å². The van der Waals surface area contributed by atoms with Gasteiger partial charge in [0, 0.05) is 24.8 Å². The summed E-state index contributed by atoms with van der Waals surface area (Å²) in [5.41, 5.74) is 0. The minimum absolute atomic E-state index is 0.794. The Bertz CT molecular complexity index is 353. The molecule has 72 valence electrons. The monoisotopic (exact) mass is 192 g/mol. The van der Waals surface area contributed by atoms with Crippen molar-refractivity contribution in [2.45, 2.75) is 0 Å². The molecular formula is C9H8N2O3. The van der Waals surface area contributed by atoms with Crippen LogP contribution in [-0.4, -0.2) is 15.6 Å². The molecule has 0 bridgehead atoms. The van der Waals surface area contributed by atoms with Crippen LogP contribution >= 0.6 is 0 Å². The molecule has 14 heavy (non-hydrogen) atoms. The van der Waals surface area contributed by atoms with Crippen molar-refractivity contribution in [2.75, 3.05) is 0 Å². The second-order valence-electron chi connectivity index (χ2n) is 2.52. The van der Waals surface area contributed by atoms with E-state index in [9.17, 15) is 4.79 Å². The van der Waals surface area contributed by atoms with Crippen LogP contribution in [-0.2, 0) is 0 Å². The molecule has 2 heterocycles. The second-order valence-corrected chi connectivity index (χ2v) is 2.52. The Morgan fingerprint density at radius 1 is 0.786 bits per heavy atom. The maximum Gasteiger partial charge on any atom is 0.559 e. The molecular weight excluding hydrogens is 184 g/mol. The summed E-state index contributed by atoms with van der Waals surface area (Å²) in [5, 5.41) is 0. The molecule has 0 N–H and O–H groups in total. The first-order valence-electron chi connectivity index (χ1n) is 4.01. The van der Waals surface area contributed by atoms with Crippen molar-refractivity contribution in [3.8, 4) is 0 Å². The van der Waals surface area contributed by atoms with Gasteiger partial charge in [-0.2, -0.15) is 14.3 Å². The Hall–Kier alpha value is -2.17. The summed E-state index contributed by atoms with van der Waals surface area (Å²) in [6, 6.07) is 6.96. The molecule has 0 unspecified atom stereocenters. The molecule has 0 aliphatic heterocycles. The predicted octanol–water partition coefficient (Wildman–Crippen LogP) is 0.967. The lowest BCUT2D eigenvalue weighted by Gasteiger charge is -2.04. The van der Waals surface area contributed by atoms with Crippen molar-refractivity contribution >= 4 is 6.16 Å². The summed E-state index contributed by atoms with van der Waals surface area (Å²) < 4.78 is 2.51. The van der Waals surface area contributed by atoms with Crippen LogP contribution in [0.1, 0.15) is 0 Å². The molecule has 0 radical (unpaired) electrons. The quantitative estimate of drug-likeness (QED) is 0.712. The Balaban J connectivity index is 1.91. The SMILES string of the molecule is O=C(On1cccc1)On1cccc1. The van der Waals surface area contributed by atoms with Gasteiger partial charge in [0.2, 0.25) is 0 Å². The third-order valence-corrected chi connectivity index (χ3v) is 1.51. The first-order valence-corrected chi connectivity index (χ1v) is 4.01. The van der Waals surface area contributed by atoms with E-state index in [4.69, 9.17) is 9.68 Å². The van der Waals surface area contributed by atoms with Gasteiger partial charge in [0.1, 0.15) is 0 Å². The van der Waals surface area contributed by atoms with Crippen molar-refractivity contribution in [2.24, 2.45) is 0 Å². The van der Waals surface area contributed by atoms with Crippen LogP contribution in [0.4, 0.5) is 4.79 Å². The van der Waals surface area contributed by atoms with Gasteiger partial charge in [-0.3, -0.25) is 0 Å². The van der Waals surface area contributed by atoms with Gasteiger partial charge in [0.25, 0.3) is 0 Å². The fourth-order valence-electron chi connectivity index (χ4n) is 0.948. The van der Waals surface area contributed by atoms with Crippen molar-refractivity contribution in [1.29, 1.82) is 0 Å². The third-order valence-electron chi connectivity index (χ3n) is 1.51. The lowest BCUT2D eigenvalue weighted by molar-refractivity contribution is 0.0417. The number of rotatable bonds is 2. The lowest BCUT2D eigenvalue weighted by atomic mass is 10.7. The Morgan fingerprint density at radius 2 is 1.14 bits per heavy atom. The van der Waals surface area contributed by atoms with E-state index in [1.54, 1.807) is 49.1 Å². The molecule has 5 heteroatoms. The van der Waals surface area contributed by atoms with Crippen LogP contribution in [0.3, 0.4) is 0 Å². The largest absolute Gasteiger partial charge is 0.559 e. The van der Waals surface area contributed by atoms with Crippen LogP contribution in [0.15, 0.2) is 49.1 Å². The molecule has 2 aromatic heterocycles. The minimum atomic E-state index is -0.794. The molecule has 0 saturated carbocycles. The minimum Gasteiger partial charge on any atom is -0.300 e. The predicted molar refractivity (Wildman–Crippen MR) is 47.4 cm³/mol. The van der Waals surface area contributed by atoms with E-state index in [-0.39, 0.29) is 0 Å². The molecule has 0 aromatic carbocycles. The summed E-state index contributed by atoms with van der Waals surface area (Å²) >= 11 is 0. The zero-order valence-corrected chi connectivity index (χ0v) is 7.24. The standard InChI is InChI=1S/C9H8N2O3/c12-9(13-10-5-1-2-6-10)14-11-7-3-4-8-11/h1-8H. The molecule has 0 aliphatic rings. The van der Waals surface area contributed by atoms with E-state index >= 15 is 0 Å². The topological polar surface area (TPSA) is 45.4 Å². The van der Waals surface area contributed by atoms with Crippen molar-refractivity contribution < 1.29 is 14.5 Å². The molecule has 0 saturated heterocycles. The second kappa shape index (κ2) is 3.69. The molecule has 0 amide bonds. The Kier molecular flexibility index (Phi) is 2.22. The van der Waals surface area contributed by atoms with Gasteiger partial charge in [0.05, 0.1) is 0 Å². The smallest absolute Gasteiger partial charge is 0.300 e. The average Bonchev–Trinajstić information content (AvgIpc) is 2.76. The highest BCUT2D eigenvalue weighted by atomic mass is 16.9. The van der Waals surface area contributed by atoms with E-state index in [1.165, 1.54) is 9.46 Å². The molecule has 2 rings (SSSR count). The summed E-state index contributed by atoms with van der Waals surface area (Å²) in [7, 11) is 0. The van der Waals surface area contributed by atoms with Gasteiger partial charge in [-0.15, -0.1) is 0 Å². The molecule has 0 fully saturated rings. The number of hydrogen-bond donors (Lipinski definition) is 0. The van der Waals surface area contributed by atoms with Crippen molar-refractivity contribution in [1.82, 2.24) is 9.46 Å². The highest BCUT2D eigenvalue weighted by molar-refractivity contribution is 5.60. The number of carbonyl (C=O) groups excluding carboxylic acids is 1. The van der Waals surface area contributed by atoms with Crippen LogP contribution in [0.5, 0.6) is 0 Å². The van der Waals surface area contributed by atoms with Gasteiger partial charge in [0.15, 0.2) is 0 Å². The van der Waals surface area contributed by atoms with Crippen LogP contribution in [0, 0.1) is 0 Å². The maximum atomic E-state index is 11.1. The molecule has 0 atom stereocenters. The zero-order chi connectivity index (χ0) is 9.80. The number of aromatic nitrogens is 2. The van der Waals surface area contributed by atoms with Crippen LogP contribution in [0.2, 0.25) is 0 Å². The molecule has 5 nitrogen and oxygen atoms in total. The van der Waals surface area contributed by atoms with Crippen LogP contribution < -0.4 is 9.68 Å². The molecule has 0 spiro atoms. The summed E-state index contributed by atoms with van der Waals surface area (Å²) in [4.78, 5) is 20.6. The Morgan fingerprint density at radius 3 is 1.50 bits per heavy atom. The summed E-state index contributed by atoms with van der Waals surface area (Å²) in [5.74, 6) is 0. The first-order chi connectivity index (χ1) is 6.84. The van der Waals surface area contributed by atoms with Gasteiger partial charge in [-0.05, 0) is 24.3 Å². The number of carbonyl (C=O) groups is 1. The highest BCUT2D eigenvalue weighted by Gasteiger charge is 2.05. The van der Waals surface area contributed by atoms with Crippen LogP contribution in [0.25, 0.3) is 0 Å². The summed E-state index contributed by atoms with van der Waals surface area (Å²) in [6.07, 6.45) is 5.58. The zero-order valence-electron chi connectivity index (χ0n) is 7.24. The van der Waals surface area contributed by atoms with E-state index in [0.29, 0.717) is 0 Å². The highest BCUT2D eigenvalue weighted by Crippen LogP contribution is 1.89. The fourth-order valence-corrected chi connectivity index (χ4v) is 0.948. The number of nitrogens with zero attached hydrogens (tertiary/aromatic N) is 2. The molecule has 0 aliphatic carbocycles. The van der Waals surface area contributed by atoms with Crippen molar-refractivity contribution in [3.05, 3.63) is 49.1 Å². The Labute approximate surface area is 80.0 Å². The van der Waals surface area contributed by atoms with E-state index < -0.39 is 6.16 Å². The lowest BCUT2D eigenvalue weighted by Crippen LogP contribution is -2.27. The van der Waals surface area contributed by atoms with Gasteiger partial charge in [-0.25, -0.2) is 0 Å². The van der Waals surface area contributed by atoms with E-state index in [0.717, 1.165) is 0 Å². The first kappa shape index (κ1) is 8.43. The van der Waals surface area contributed by atoms with Crippen molar-refractivity contribution in [3.63, 3.8) is 0 Å².